The van der Waals surface area contributed by atoms with Crippen molar-refractivity contribution in [1.82, 2.24) is 20.4 Å². The van der Waals surface area contributed by atoms with Gasteiger partial charge in [-0.2, -0.15) is 10.2 Å². The summed E-state index contributed by atoms with van der Waals surface area (Å²) in [5, 5.41) is 16.3. The fourth-order valence-electron chi connectivity index (χ4n) is 3.01. The molecule has 6 nitrogen and oxygen atoms in total. The molecule has 2 heterocycles. The first-order chi connectivity index (χ1) is 11.6. The summed E-state index contributed by atoms with van der Waals surface area (Å²) >= 11 is 0. The van der Waals surface area contributed by atoms with Gasteiger partial charge in [-0.25, -0.2) is 4.39 Å². The van der Waals surface area contributed by atoms with Crippen LogP contribution < -0.4 is 5.32 Å². The van der Waals surface area contributed by atoms with E-state index in [0.717, 1.165) is 25.9 Å². The first-order valence-corrected chi connectivity index (χ1v) is 8.07. The molecule has 1 fully saturated rings. The summed E-state index contributed by atoms with van der Waals surface area (Å²) in [5.41, 5.74) is 1.01. The molecule has 0 spiro atoms. The van der Waals surface area contributed by atoms with E-state index in [0.29, 0.717) is 35.9 Å². The highest BCUT2D eigenvalue weighted by molar-refractivity contribution is 5.33. The van der Waals surface area contributed by atoms with Crippen molar-refractivity contribution >= 4 is 0 Å². The normalized spacial score (nSPS) is 18.5. The van der Waals surface area contributed by atoms with Crippen LogP contribution in [0.1, 0.15) is 35.7 Å². The van der Waals surface area contributed by atoms with Gasteiger partial charge in [-0.15, -0.1) is 0 Å². The molecule has 1 aliphatic rings. The van der Waals surface area contributed by atoms with Crippen LogP contribution in [0, 0.1) is 24.1 Å². The fraction of sp³-hybridized carbons (Fsp3) is 0.471. The van der Waals surface area contributed by atoms with E-state index in [9.17, 15) is 4.39 Å². The van der Waals surface area contributed by atoms with Crippen molar-refractivity contribution in [3.8, 4) is 6.07 Å². The maximum Gasteiger partial charge on any atom is 0.223 e. The number of rotatable bonds is 5. The molecular weight excluding hydrogens is 309 g/mol. The topological polar surface area (TPSA) is 78.0 Å². The van der Waals surface area contributed by atoms with Gasteiger partial charge in [-0.3, -0.25) is 4.90 Å². The third-order valence-corrected chi connectivity index (χ3v) is 4.20. The molecule has 1 N–H and O–H groups in total. The Balaban J connectivity index is 1.55. The minimum absolute atomic E-state index is 0.275. The Bertz CT molecular complexity index is 739. The van der Waals surface area contributed by atoms with E-state index < -0.39 is 0 Å². The van der Waals surface area contributed by atoms with Gasteiger partial charge in [0.25, 0.3) is 0 Å². The van der Waals surface area contributed by atoms with Crippen LogP contribution in [0.5, 0.6) is 0 Å². The average Bonchev–Trinajstić information content (AvgIpc) is 2.99. The Labute approximate surface area is 140 Å². The van der Waals surface area contributed by atoms with Gasteiger partial charge in [-0.05, 0) is 37.6 Å². The number of hydrogen-bond donors (Lipinski definition) is 1. The van der Waals surface area contributed by atoms with Crippen LogP contribution in [0.3, 0.4) is 0 Å². The zero-order chi connectivity index (χ0) is 16.9. The van der Waals surface area contributed by atoms with Crippen LogP contribution in [-0.4, -0.2) is 34.2 Å². The minimum atomic E-state index is -0.281. The predicted molar refractivity (Wildman–Crippen MR) is 85.3 cm³/mol. The zero-order valence-corrected chi connectivity index (χ0v) is 13.6. The second kappa shape index (κ2) is 7.51. The Morgan fingerprint density at radius 2 is 2.38 bits per heavy atom. The van der Waals surface area contributed by atoms with E-state index in [2.05, 4.69) is 20.4 Å². The molecule has 0 bridgehead atoms. The summed E-state index contributed by atoms with van der Waals surface area (Å²) in [6.07, 6.45) is 2.11. The molecule has 1 aromatic heterocycles. The molecule has 3 rings (SSSR count). The van der Waals surface area contributed by atoms with E-state index in [1.165, 1.54) is 12.1 Å². The Hall–Kier alpha value is -2.30. The van der Waals surface area contributed by atoms with Crippen molar-refractivity contribution < 1.29 is 8.91 Å². The molecule has 1 saturated heterocycles. The fourth-order valence-corrected chi connectivity index (χ4v) is 3.01. The summed E-state index contributed by atoms with van der Waals surface area (Å²) < 4.78 is 18.8. The zero-order valence-electron chi connectivity index (χ0n) is 13.6. The number of nitrogens with one attached hydrogen (secondary N) is 1. The molecule has 126 valence electrons. The maximum absolute atomic E-state index is 13.8. The summed E-state index contributed by atoms with van der Waals surface area (Å²) in [4.78, 5) is 6.51. The van der Waals surface area contributed by atoms with Crippen LogP contribution in [-0.2, 0) is 13.1 Å². The highest BCUT2D eigenvalue weighted by atomic mass is 19.1. The lowest BCUT2D eigenvalue weighted by atomic mass is 10.0. The lowest BCUT2D eigenvalue weighted by molar-refractivity contribution is 0.177. The van der Waals surface area contributed by atoms with Crippen LogP contribution in [0.25, 0.3) is 0 Å². The highest BCUT2D eigenvalue weighted by Crippen LogP contribution is 2.15. The lowest BCUT2D eigenvalue weighted by Crippen LogP contribution is -2.45. The van der Waals surface area contributed by atoms with Crippen molar-refractivity contribution in [3.63, 3.8) is 0 Å². The van der Waals surface area contributed by atoms with Crippen molar-refractivity contribution in [2.75, 3.05) is 13.1 Å². The van der Waals surface area contributed by atoms with Crippen molar-refractivity contribution in [2.45, 2.75) is 38.9 Å². The summed E-state index contributed by atoms with van der Waals surface area (Å²) in [5.74, 6) is 0.988. The second-order valence-electron chi connectivity index (χ2n) is 6.10. The van der Waals surface area contributed by atoms with Crippen molar-refractivity contribution in [1.29, 1.82) is 5.26 Å². The average molecular weight is 329 g/mol. The van der Waals surface area contributed by atoms with Gasteiger partial charge < -0.3 is 9.84 Å². The van der Waals surface area contributed by atoms with E-state index in [1.54, 1.807) is 13.0 Å². The SMILES string of the molecule is Cc1nc(CN2CCC[C@H](NCc3cc(C#N)ccc3F)C2)no1. The van der Waals surface area contributed by atoms with Crippen molar-refractivity contribution in [2.24, 2.45) is 0 Å². The van der Waals surface area contributed by atoms with E-state index in [4.69, 9.17) is 9.78 Å². The van der Waals surface area contributed by atoms with E-state index in [1.807, 2.05) is 6.07 Å². The summed E-state index contributed by atoms with van der Waals surface area (Å²) in [7, 11) is 0. The molecule has 0 saturated carbocycles. The molecule has 0 aliphatic carbocycles. The molecule has 0 amide bonds. The van der Waals surface area contributed by atoms with Gasteiger partial charge in [0.1, 0.15) is 5.82 Å². The molecule has 0 radical (unpaired) electrons. The van der Waals surface area contributed by atoms with Gasteiger partial charge in [0.2, 0.25) is 5.89 Å². The maximum atomic E-state index is 13.8. The summed E-state index contributed by atoms with van der Waals surface area (Å²) in [6, 6.07) is 6.76. The Kier molecular flexibility index (Phi) is 5.18. The first-order valence-electron chi connectivity index (χ1n) is 8.07. The largest absolute Gasteiger partial charge is 0.340 e. The lowest BCUT2D eigenvalue weighted by Gasteiger charge is -2.32. The van der Waals surface area contributed by atoms with Gasteiger partial charge in [0, 0.05) is 31.6 Å². The molecule has 24 heavy (non-hydrogen) atoms. The second-order valence-corrected chi connectivity index (χ2v) is 6.10. The number of likely N-dealkylation sites (tertiary alicyclic amines) is 1. The van der Waals surface area contributed by atoms with Crippen LogP contribution in [0.2, 0.25) is 0 Å². The van der Waals surface area contributed by atoms with Gasteiger partial charge >= 0.3 is 0 Å². The van der Waals surface area contributed by atoms with Gasteiger partial charge in [0.15, 0.2) is 5.82 Å². The molecular formula is C17H20FN5O. The minimum Gasteiger partial charge on any atom is -0.340 e. The highest BCUT2D eigenvalue weighted by Gasteiger charge is 2.21. The smallest absolute Gasteiger partial charge is 0.223 e. The molecule has 2 aromatic rings. The quantitative estimate of drug-likeness (QED) is 0.905. The number of benzene rings is 1. The molecule has 1 atom stereocenters. The molecule has 1 aliphatic heterocycles. The van der Waals surface area contributed by atoms with E-state index >= 15 is 0 Å². The number of piperidine rings is 1. The standard InChI is InChI=1S/C17H20FN5O/c1-12-21-17(22-24-12)11-23-6-2-3-15(10-23)20-9-14-7-13(8-19)4-5-16(14)18/h4-5,7,15,20H,2-3,6,9-11H2,1H3/t15-/m0/s1. The Morgan fingerprint density at radius 1 is 1.50 bits per heavy atom. The van der Waals surface area contributed by atoms with Crippen LogP contribution >= 0.6 is 0 Å². The van der Waals surface area contributed by atoms with Gasteiger partial charge in [-0.1, -0.05) is 5.16 Å². The first kappa shape index (κ1) is 16.6. The number of aromatic nitrogens is 2. The third kappa shape index (κ3) is 4.16. The van der Waals surface area contributed by atoms with Crippen LogP contribution in [0.4, 0.5) is 4.39 Å². The van der Waals surface area contributed by atoms with Gasteiger partial charge in [0.05, 0.1) is 18.2 Å². The number of nitriles is 1. The monoisotopic (exact) mass is 329 g/mol. The van der Waals surface area contributed by atoms with E-state index in [-0.39, 0.29) is 11.9 Å². The number of hydrogen-bond acceptors (Lipinski definition) is 6. The molecule has 1 aromatic carbocycles. The van der Waals surface area contributed by atoms with Crippen LogP contribution in [0.15, 0.2) is 22.7 Å². The third-order valence-electron chi connectivity index (χ3n) is 4.20. The molecule has 7 heteroatoms. The number of aryl methyl sites for hydroxylation is 1. The Morgan fingerprint density at radius 3 is 3.12 bits per heavy atom. The molecule has 0 unspecified atom stereocenters. The summed E-state index contributed by atoms with van der Waals surface area (Å²) in [6.45, 7) is 4.70. The number of halogens is 1. The van der Waals surface area contributed by atoms with Crippen molar-refractivity contribution in [3.05, 3.63) is 46.9 Å². The predicted octanol–water partition coefficient (Wildman–Crippen LogP) is 2.14. The number of nitrogens with zero attached hydrogens (tertiary/aromatic N) is 4.